The van der Waals surface area contributed by atoms with Crippen molar-refractivity contribution >= 4 is 0 Å². The lowest BCUT2D eigenvalue weighted by atomic mass is 9.73. The number of halogens is 1. The quantitative estimate of drug-likeness (QED) is 0.678. The molecule has 83 valence electrons. The summed E-state index contributed by atoms with van der Waals surface area (Å²) in [5.41, 5.74) is 1.43. The molecule has 15 heavy (non-hydrogen) atoms. The Morgan fingerprint density at radius 3 is 2.27 bits per heavy atom. The predicted molar refractivity (Wildman–Crippen MR) is 63.2 cm³/mol. The van der Waals surface area contributed by atoms with E-state index in [-0.39, 0.29) is 11.2 Å². The molecule has 0 fully saturated rings. The minimum absolute atomic E-state index is 0.166. The fourth-order valence-corrected chi connectivity index (χ4v) is 1.87. The molecule has 1 aromatic carbocycles. The molecule has 1 radical (unpaired) electrons. The summed E-state index contributed by atoms with van der Waals surface area (Å²) in [5, 5.41) is 0. The minimum Gasteiger partial charge on any atom is -0.207 e. The number of hydrogen-bond donors (Lipinski definition) is 0. The zero-order valence-electron chi connectivity index (χ0n) is 9.89. The molecule has 0 aromatic heterocycles. The highest BCUT2D eigenvalue weighted by Gasteiger charge is 2.25. The van der Waals surface area contributed by atoms with Gasteiger partial charge in [0.15, 0.2) is 0 Å². The largest absolute Gasteiger partial charge is 0.207 e. The molecular formula is C14H20F. The first-order valence-electron chi connectivity index (χ1n) is 5.52. The topological polar surface area (TPSA) is 0 Å². The summed E-state index contributed by atoms with van der Waals surface area (Å²) in [6, 6.07) is 6.83. The zero-order valence-corrected chi connectivity index (χ0v) is 9.89. The van der Waals surface area contributed by atoms with Crippen molar-refractivity contribution in [3.63, 3.8) is 0 Å². The van der Waals surface area contributed by atoms with Gasteiger partial charge >= 0.3 is 0 Å². The highest BCUT2D eigenvalue weighted by atomic mass is 19.1. The Kier molecular flexibility index (Phi) is 3.90. The van der Waals surface area contributed by atoms with Crippen molar-refractivity contribution < 1.29 is 4.39 Å². The molecule has 0 heterocycles. The van der Waals surface area contributed by atoms with Crippen LogP contribution in [0.15, 0.2) is 24.3 Å². The highest BCUT2D eigenvalue weighted by Crippen LogP contribution is 2.38. The molecule has 0 amide bonds. The fourth-order valence-electron chi connectivity index (χ4n) is 1.87. The van der Waals surface area contributed by atoms with E-state index in [0.29, 0.717) is 5.92 Å². The number of hydrogen-bond acceptors (Lipinski definition) is 0. The van der Waals surface area contributed by atoms with Crippen LogP contribution in [0, 0.1) is 18.2 Å². The molecule has 1 aromatic rings. The molecule has 1 heteroatoms. The van der Waals surface area contributed by atoms with Crippen molar-refractivity contribution in [1.29, 1.82) is 0 Å². The van der Waals surface area contributed by atoms with Gasteiger partial charge in [0, 0.05) is 0 Å². The third-order valence-corrected chi connectivity index (χ3v) is 3.36. The summed E-state index contributed by atoms with van der Waals surface area (Å²) >= 11 is 0. The molecule has 0 aliphatic heterocycles. The van der Waals surface area contributed by atoms with Crippen LogP contribution in [0.3, 0.4) is 0 Å². The number of benzene rings is 1. The van der Waals surface area contributed by atoms with E-state index in [9.17, 15) is 4.39 Å². The van der Waals surface area contributed by atoms with Crippen LogP contribution in [0.5, 0.6) is 0 Å². The van der Waals surface area contributed by atoms with Gasteiger partial charge in [-0.3, -0.25) is 0 Å². The first-order chi connectivity index (χ1) is 6.97. The van der Waals surface area contributed by atoms with Gasteiger partial charge in [0.2, 0.25) is 0 Å². The lowest BCUT2D eigenvalue weighted by molar-refractivity contribution is 0.278. The van der Waals surface area contributed by atoms with E-state index in [1.54, 1.807) is 0 Å². The molecule has 1 rings (SSSR count). The van der Waals surface area contributed by atoms with Gasteiger partial charge in [-0.25, -0.2) is 4.39 Å². The summed E-state index contributed by atoms with van der Waals surface area (Å²) < 4.78 is 12.8. The van der Waals surface area contributed by atoms with Gasteiger partial charge in [-0.05, 0) is 35.4 Å². The van der Waals surface area contributed by atoms with Gasteiger partial charge in [0.25, 0.3) is 0 Å². The maximum atomic E-state index is 12.8. The SMILES string of the molecule is [CH2]CCC(C)(C)C(C)c1ccc(F)cc1. The lowest BCUT2D eigenvalue weighted by Gasteiger charge is -2.32. The van der Waals surface area contributed by atoms with E-state index in [0.717, 1.165) is 12.8 Å². The lowest BCUT2D eigenvalue weighted by Crippen LogP contribution is -2.19. The monoisotopic (exact) mass is 207 g/mol. The summed E-state index contributed by atoms with van der Waals surface area (Å²) in [6.45, 7) is 10.6. The maximum Gasteiger partial charge on any atom is 0.123 e. The van der Waals surface area contributed by atoms with Crippen molar-refractivity contribution in [2.24, 2.45) is 5.41 Å². The van der Waals surface area contributed by atoms with Crippen LogP contribution in [0.4, 0.5) is 4.39 Å². The van der Waals surface area contributed by atoms with Crippen LogP contribution in [0.1, 0.15) is 45.1 Å². The Hall–Kier alpha value is -0.850. The van der Waals surface area contributed by atoms with E-state index in [1.165, 1.54) is 17.7 Å². The minimum atomic E-state index is -0.166. The Balaban J connectivity index is 2.84. The highest BCUT2D eigenvalue weighted by molar-refractivity contribution is 5.21. The molecule has 0 spiro atoms. The molecule has 0 nitrogen and oxygen atoms in total. The second-order valence-electron chi connectivity index (χ2n) is 4.87. The average molecular weight is 207 g/mol. The Bertz CT molecular complexity index is 298. The fraction of sp³-hybridized carbons (Fsp3) is 0.500. The van der Waals surface area contributed by atoms with E-state index in [2.05, 4.69) is 27.7 Å². The van der Waals surface area contributed by atoms with Crippen molar-refractivity contribution in [3.8, 4) is 0 Å². The van der Waals surface area contributed by atoms with Gasteiger partial charge in [-0.1, -0.05) is 46.2 Å². The van der Waals surface area contributed by atoms with Crippen LogP contribution in [-0.4, -0.2) is 0 Å². The zero-order chi connectivity index (χ0) is 11.5. The van der Waals surface area contributed by atoms with E-state index < -0.39 is 0 Å². The van der Waals surface area contributed by atoms with Gasteiger partial charge in [0.05, 0.1) is 0 Å². The van der Waals surface area contributed by atoms with Gasteiger partial charge in [-0.2, -0.15) is 0 Å². The molecule has 1 unspecified atom stereocenters. The summed E-state index contributed by atoms with van der Waals surface area (Å²) in [5.74, 6) is 0.265. The van der Waals surface area contributed by atoms with Crippen LogP contribution in [-0.2, 0) is 0 Å². The van der Waals surface area contributed by atoms with E-state index in [4.69, 9.17) is 0 Å². The smallest absolute Gasteiger partial charge is 0.123 e. The summed E-state index contributed by atoms with van der Waals surface area (Å²) in [7, 11) is 0. The van der Waals surface area contributed by atoms with E-state index in [1.807, 2.05) is 12.1 Å². The van der Waals surface area contributed by atoms with E-state index >= 15 is 0 Å². The molecule has 1 atom stereocenters. The van der Waals surface area contributed by atoms with Crippen LogP contribution >= 0.6 is 0 Å². The second-order valence-corrected chi connectivity index (χ2v) is 4.87. The van der Waals surface area contributed by atoms with Gasteiger partial charge < -0.3 is 0 Å². The van der Waals surface area contributed by atoms with Crippen LogP contribution in [0.25, 0.3) is 0 Å². The normalized spacial score (nSPS) is 13.9. The average Bonchev–Trinajstić information content (AvgIpc) is 2.18. The third-order valence-electron chi connectivity index (χ3n) is 3.36. The first-order valence-corrected chi connectivity index (χ1v) is 5.52. The Morgan fingerprint density at radius 2 is 1.80 bits per heavy atom. The maximum absolute atomic E-state index is 12.8. The first kappa shape index (κ1) is 12.2. The molecule has 0 saturated carbocycles. The van der Waals surface area contributed by atoms with Crippen molar-refractivity contribution in [3.05, 3.63) is 42.6 Å². The molecule has 0 saturated heterocycles. The number of rotatable bonds is 4. The van der Waals surface area contributed by atoms with Crippen molar-refractivity contribution in [1.82, 2.24) is 0 Å². The van der Waals surface area contributed by atoms with Gasteiger partial charge in [-0.15, -0.1) is 0 Å². The van der Waals surface area contributed by atoms with Crippen LogP contribution in [0.2, 0.25) is 0 Å². The second kappa shape index (κ2) is 4.78. The van der Waals surface area contributed by atoms with Crippen molar-refractivity contribution in [2.45, 2.75) is 39.5 Å². The third kappa shape index (κ3) is 3.05. The summed E-state index contributed by atoms with van der Waals surface area (Å²) in [6.07, 6.45) is 2.03. The van der Waals surface area contributed by atoms with Crippen molar-refractivity contribution in [2.75, 3.05) is 0 Å². The molecular weight excluding hydrogens is 187 g/mol. The summed E-state index contributed by atoms with van der Waals surface area (Å²) in [4.78, 5) is 0. The molecule has 0 aliphatic rings. The molecule has 0 aliphatic carbocycles. The standard InChI is InChI=1S/C14H20F/c1-5-10-14(3,4)11(2)12-6-8-13(15)9-7-12/h6-9,11H,1,5,10H2,2-4H3. The predicted octanol–water partition coefficient (Wildman–Crippen LogP) is 4.57. The Labute approximate surface area is 92.5 Å². The molecule has 0 bridgehead atoms. The molecule has 0 N–H and O–H groups in total. The Morgan fingerprint density at radius 1 is 1.27 bits per heavy atom. The van der Waals surface area contributed by atoms with Gasteiger partial charge in [0.1, 0.15) is 5.82 Å². The van der Waals surface area contributed by atoms with Crippen LogP contribution < -0.4 is 0 Å².